The summed E-state index contributed by atoms with van der Waals surface area (Å²) in [6, 6.07) is 16.9. The van der Waals surface area contributed by atoms with Crippen LogP contribution in [0.5, 0.6) is 0 Å². The Labute approximate surface area is 134 Å². The summed E-state index contributed by atoms with van der Waals surface area (Å²) in [4.78, 5) is 1.10. The van der Waals surface area contributed by atoms with E-state index in [1.807, 2.05) is 60.9 Å². The molecule has 1 saturated carbocycles. The maximum Gasteiger partial charge on any atom is 0.256 e. The molecule has 0 radical (unpaired) electrons. The van der Waals surface area contributed by atoms with E-state index in [4.69, 9.17) is 0 Å². The van der Waals surface area contributed by atoms with E-state index in [1.54, 1.807) is 11.8 Å². The normalized spacial score (nSPS) is 23.4. The van der Waals surface area contributed by atoms with Gasteiger partial charge in [0.15, 0.2) is 0 Å². The van der Waals surface area contributed by atoms with Crippen LogP contribution in [0.1, 0.15) is 24.3 Å². The molecule has 0 heterocycles. The Kier molecular flexibility index (Phi) is 4.39. The van der Waals surface area contributed by atoms with Crippen LogP contribution in [-0.2, 0) is 0 Å². The van der Waals surface area contributed by atoms with Crippen LogP contribution in [-0.4, -0.2) is 18.2 Å². The average molecular weight is 319 g/mol. The maximum absolute atomic E-state index is 14.4. The van der Waals surface area contributed by atoms with Gasteiger partial charge in [0.25, 0.3) is 5.92 Å². The van der Waals surface area contributed by atoms with Crippen molar-refractivity contribution < 1.29 is 8.78 Å². The van der Waals surface area contributed by atoms with Gasteiger partial charge in [0.1, 0.15) is 0 Å². The van der Waals surface area contributed by atoms with Gasteiger partial charge in [0.2, 0.25) is 0 Å². The Hall–Kier alpha value is -1.55. The number of halogens is 2. The molecule has 2 aromatic rings. The highest BCUT2D eigenvalue weighted by molar-refractivity contribution is 7.98. The number of anilines is 1. The lowest BCUT2D eigenvalue weighted by molar-refractivity contribution is -0.0101. The van der Waals surface area contributed by atoms with Crippen LogP contribution in [0.25, 0.3) is 0 Å². The van der Waals surface area contributed by atoms with Crippen LogP contribution < -0.4 is 5.32 Å². The van der Waals surface area contributed by atoms with Gasteiger partial charge in [-0.3, -0.25) is 0 Å². The maximum atomic E-state index is 14.4. The second-order valence-corrected chi connectivity index (χ2v) is 6.55. The first-order chi connectivity index (χ1) is 10.6. The molecule has 0 aliphatic heterocycles. The smallest absolute Gasteiger partial charge is 0.256 e. The zero-order valence-corrected chi connectivity index (χ0v) is 13.2. The van der Waals surface area contributed by atoms with Crippen molar-refractivity contribution in [3.63, 3.8) is 0 Å². The van der Waals surface area contributed by atoms with Crippen molar-refractivity contribution in [3.8, 4) is 0 Å². The summed E-state index contributed by atoms with van der Waals surface area (Å²) >= 11 is 1.62. The highest BCUT2D eigenvalue weighted by atomic mass is 32.2. The zero-order valence-electron chi connectivity index (χ0n) is 12.4. The van der Waals surface area contributed by atoms with E-state index in [1.165, 1.54) is 0 Å². The number of hydrogen-bond acceptors (Lipinski definition) is 2. The van der Waals surface area contributed by atoms with Gasteiger partial charge in [-0.05, 0) is 42.5 Å². The lowest BCUT2D eigenvalue weighted by atomic mass is 9.91. The lowest BCUT2D eigenvalue weighted by Crippen LogP contribution is -2.31. The Morgan fingerprint density at radius 3 is 2.36 bits per heavy atom. The monoisotopic (exact) mass is 319 g/mol. The van der Waals surface area contributed by atoms with Crippen LogP contribution in [0, 0.1) is 0 Å². The van der Waals surface area contributed by atoms with Crippen molar-refractivity contribution in [3.05, 3.63) is 60.2 Å². The second-order valence-electron chi connectivity index (χ2n) is 5.67. The second kappa shape index (κ2) is 6.29. The van der Waals surface area contributed by atoms with Crippen molar-refractivity contribution in [2.75, 3.05) is 11.6 Å². The summed E-state index contributed by atoms with van der Waals surface area (Å²) in [6.45, 7) is 0. The van der Waals surface area contributed by atoms with E-state index < -0.39 is 11.8 Å². The molecule has 3 rings (SSSR count). The quantitative estimate of drug-likeness (QED) is 0.757. The van der Waals surface area contributed by atoms with E-state index in [-0.39, 0.29) is 12.5 Å². The predicted octanol–water partition coefficient (Wildman–Crippen LogP) is 5.40. The topological polar surface area (TPSA) is 12.0 Å². The van der Waals surface area contributed by atoms with E-state index in [9.17, 15) is 8.78 Å². The Balaban J connectivity index is 1.86. The first-order valence-corrected chi connectivity index (χ1v) is 8.66. The van der Waals surface area contributed by atoms with Gasteiger partial charge >= 0.3 is 0 Å². The number of para-hydroxylation sites is 1. The highest BCUT2D eigenvalue weighted by Crippen LogP contribution is 2.48. The molecule has 1 fully saturated rings. The van der Waals surface area contributed by atoms with Crippen LogP contribution in [0.2, 0.25) is 0 Å². The van der Waals surface area contributed by atoms with Crippen molar-refractivity contribution in [1.29, 1.82) is 0 Å². The number of hydrogen-bond donors (Lipinski definition) is 1. The van der Waals surface area contributed by atoms with Crippen LogP contribution in [0.15, 0.2) is 59.5 Å². The zero-order chi connectivity index (χ0) is 15.6. The third-order valence-electron chi connectivity index (χ3n) is 4.25. The van der Waals surface area contributed by atoms with Gasteiger partial charge in [-0.15, -0.1) is 11.8 Å². The number of alkyl halides is 2. The number of rotatable bonds is 4. The first-order valence-electron chi connectivity index (χ1n) is 7.43. The fourth-order valence-corrected chi connectivity index (χ4v) is 3.56. The fraction of sp³-hybridized carbons (Fsp3) is 0.333. The molecule has 0 aromatic heterocycles. The van der Waals surface area contributed by atoms with E-state index >= 15 is 0 Å². The van der Waals surface area contributed by atoms with Crippen LogP contribution in [0.3, 0.4) is 0 Å². The van der Waals surface area contributed by atoms with Gasteiger partial charge in [0, 0.05) is 23.0 Å². The van der Waals surface area contributed by atoms with Crippen molar-refractivity contribution in [2.24, 2.45) is 0 Å². The molecule has 0 bridgehead atoms. The molecule has 1 aliphatic carbocycles. The summed E-state index contributed by atoms with van der Waals surface area (Å²) < 4.78 is 28.8. The molecular weight excluding hydrogens is 300 g/mol. The van der Waals surface area contributed by atoms with Crippen LogP contribution >= 0.6 is 11.8 Å². The molecule has 2 atom stereocenters. The molecule has 2 unspecified atom stereocenters. The predicted molar refractivity (Wildman–Crippen MR) is 89.0 cm³/mol. The largest absolute Gasteiger partial charge is 0.381 e. The summed E-state index contributed by atoms with van der Waals surface area (Å²) in [5.41, 5.74) is 1.62. The third-order valence-corrected chi connectivity index (χ3v) is 4.99. The Bertz CT molecular complexity index is 613. The molecule has 116 valence electrons. The molecular formula is C18H19F2NS. The van der Waals surface area contributed by atoms with E-state index in [2.05, 4.69) is 5.32 Å². The van der Waals surface area contributed by atoms with Crippen molar-refractivity contribution in [1.82, 2.24) is 0 Å². The van der Waals surface area contributed by atoms with Gasteiger partial charge < -0.3 is 5.32 Å². The summed E-state index contributed by atoms with van der Waals surface area (Å²) in [5, 5.41) is 3.29. The number of benzene rings is 2. The Morgan fingerprint density at radius 1 is 1.05 bits per heavy atom. The van der Waals surface area contributed by atoms with Crippen molar-refractivity contribution >= 4 is 17.4 Å². The molecule has 1 N–H and O–H groups in total. The Morgan fingerprint density at radius 2 is 1.73 bits per heavy atom. The number of nitrogens with one attached hydrogen (secondary N) is 1. The standard InChI is InChI=1S/C18H19F2NS/c1-22-15-9-7-13(8-10-15)17-16(11-12-18(17,19)20)21-14-5-3-2-4-6-14/h2-10,16-17,21H,11-12H2,1H3. The number of thioether (sulfide) groups is 1. The SMILES string of the molecule is CSc1ccc(C2C(Nc3ccccc3)CCC2(F)F)cc1. The average Bonchev–Trinajstić information content (AvgIpc) is 2.83. The molecule has 0 saturated heterocycles. The fourth-order valence-electron chi connectivity index (χ4n) is 3.16. The molecule has 1 nitrogen and oxygen atoms in total. The van der Waals surface area contributed by atoms with E-state index in [0.29, 0.717) is 12.0 Å². The van der Waals surface area contributed by atoms with Gasteiger partial charge in [0.05, 0.1) is 5.92 Å². The van der Waals surface area contributed by atoms with Gasteiger partial charge in [-0.25, -0.2) is 8.78 Å². The van der Waals surface area contributed by atoms with E-state index in [0.717, 1.165) is 10.6 Å². The van der Waals surface area contributed by atoms with Crippen molar-refractivity contribution in [2.45, 2.75) is 35.6 Å². The van der Waals surface area contributed by atoms with Crippen LogP contribution in [0.4, 0.5) is 14.5 Å². The lowest BCUT2D eigenvalue weighted by Gasteiger charge is -2.26. The molecule has 2 aromatic carbocycles. The minimum Gasteiger partial charge on any atom is -0.381 e. The molecule has 1 aliphatic rings. The summed E-state index contributed by atoms with van der Waals surface area (Å²) in [5.74, 6) is -3.43. The van der Waals surface area contributed by atoms with Gasteiger partial charge in [-0.1, -0.05) is 30.3 Å². The summed E-state index contributed by atoms with van der Waals surface area (Å²) in [6.07, 6.45) is 2.40. The summed E-state index contributed by atoms with van der Waals surface area (Å²) in [7, 11) is 0. The third kappa shape index (κ3) is 3.12. The van der Waals surface area contributed by atoms with Gasteiger partial charge in [-0.2, -0.15) is 0 Å². The first kappa shape index (κ1) is 15.3. The molecule has 4 heteroatoms. The molecule has 22 heavy (non-hydrogen) atoms. The highest BCUT2D eigenvalue weighted by Gasteiger charge is 2.50. The molecule has 0 spiro atoms. The minimum atomic E-state index is -2.66. The minimum absolute atomic E-state index is 0.0630. The molecule has 0 amide bonds.